The van der Waals surface area contributed by atoms with Gasteiger partial charge in [-0.15, -0.1) is 0 Å². The van der Waals surface area contributed by atoms with Gasteiger partial charge in [0.1, 0.15) is 23.1 Å². The number of fused-ring (bicyclic) bond motifs is 1. The van der Waals surface area contributed by atoms with Gasteiger partial charge in [0.2, 0.25) is 0 Å². The van der Waals surface area contributed by atoms with Gasteiger partial charge in [-0.2, -0.15) is 0 Å². The van der Waals surface area contributed by atoms with Gasteiger partial charge in [-0.05, 0) is 25.1 Å². The highest BCUT2D eigenvalue weighted by atomic mass is 19.1. The average molecular weight is 348 g/mol. The van der Waals surface area contributed by atoms with E-state index in [9.17, 15) is 23.1 Å². The molecular formula is C18H15F3N2O2. The first kappa shape index (κ1) is 17.0. The molecule has 0 saturated heterocycles. The molecule has 130 valence electrons. The summed E-state index contributed by atoms with van der Waals surface area (Å²) in [5.74, 6) is -2.87. The molecule has 1 aromatic heterocycles. The van der Waals surface area contributed by atoms with E-state index in [1.165, 1.54) is 25.3 Å². The number of hydrogen-bond donors (Lipinski definition) is 3. The fourth-order valence-electron chi connectivity index (χ4n) is 2.69. The number of aromatic amines is 1. The average Bonchev–Trinajstić information content (AvgIpc) is 2.98. The van der Waals surface area contributed by atoms with Crippen LogP contribution in [0.3, 0.4) is 0 Å². The maximum atomic E-state index is 13.9. The summed E-state index contributed by atoms with van der Waals surface area (Å²) in [6.07, 6.45) is 1.36. The molecular weight excluding hydrogens is 333 g/mol. The van der Waals surface area contributed by atoms with Gasteiger partial charge in [-0.3, -0.25) is 4.79 Å². The molecule has 2 aromatic carbocycles. The van der Waals surface area contributed by atoms with Crippen molar-refractivity contribution in [3.63, 3.8) is 0 Å². The van der Waals surface area contributed by atoms with Gasteiger partial charge in [-0.1, -0.05) is 12.1 Å². The van der Waals surface area contributed by atoms with E-state index in [4.69, 9.17) is 0 Å². The zero-order chi connectivity index (χ0) is 18.2. The summed E-state index contributed by atoms with van der Waals surface area (Å²) >= 11 is 0. The lowest BCUT2D eigenvalue weighted by atomic mass is 9.95. The van der Waals surface area contributed by atoms with Crippen molar-refractivity contribution in [2.75, 3.05) is 6.54 Å². The van der Waals surface area contributed by atoms with Crippen LogP contribution in [0, 0.1) is 17.5 Å². The molecule has 7 heteroatoms. The van der Waals surface area contributed by atoms with Gasteiger partial charge < -0.3 is 15.4 Å². The Labute approximate surface area is 141 Å². The third kappa shape index (κ3) is 3.23. The maximum Gasteiger partial charge on any atom is 0.253 e. The number of benzene rings is 2. The van der Waals surface area contributed by atoms with Crippen molar-refractivity contribution in [1.29, 1.82) is 0 Å². The Morgan fingerprint density at radius 2 is 1.96 bits per heavy atom. The maximum absolute atomic E-state index is 13.9. The highest BCUT2D eigenvalue weighted by Crippen LogP contribution is 2.25. The van der Waals surface area contributed by atoms with Crippen molar-refractivity contribution in [2.45, 2.75) is 12.5 Å². The summed E-state index contributed by atoms with van der Waals surface area (Å²) in [6, 6.07) is 7.15. The van der Waals surface area contributed by atoms with Crippen LogP contribution in [0.25, 0.3) is 10.9 Å². The number of H-pyrrole nitrogens is 1. The Hall–Kier alpha value is -2.80. The molecule has 0 aliphatic rings. The largest absolute Gasteiger partial charge is 0.383 e. The highest BCUT2D eigenvalue weighted by molar-refractivity contribution is 6.06. The molecule has 0 spiro atoms. The predicted molar refractivity (Wildman–Crippen MR) is 86.5 cm³/mol. The first-order valence-corrected chi connectivity index (χ1v) is 7.51. The van der Waals surface area contributed by atoms with Crippen LogP contribution in [0.5, 0.6) is 0 Å². The van der Waals surface area contributed by atoms with Crippen LogP contribution >= 0.6 is 0 Å². The lowest BCUT2D eigenvalue weighted by Crippen LogP contribution is -2.39. The Bertz CT molecular complexity index is 951. The van der Waals surface area contributed by atoms with E-state index in [1.807, 2.05) is 0 Å². The quantitative estimate of drug-likeness (QED) is 0.678. The Morgan fingerprint density at radius 3 is 2.68 bits per heavy atom. The summed E-state index contributed by atoms with van der Waals surface area (Å²) in [5, 5.41) is 13.0. The lowest BCUT2D eigenvalue weighted by molar-refractivity contribution is 0.0495. The fourth-order valence-corrected chi connectivity index (χ4v) is 2.69. The number of rotatable bonds is 4. The minimum absolute atomic E-state index is 0.0727. The zero-order valence-electron chi connectivity index (χ0n) is 13.2. The molecule has 4 nitrogen and oxygen atoms in total. The van der Waals surface area contributed by atoms with Crippen LogP contribution < -0.4 is 5.32 Å². The Kier molecular flexibility index (Phi) is 4.26. The van der Waals surface area contributed by atoms with Crippen LogP contribution in [0.4, 0.5) is 13.2 Å². The first-order valence-electron chi connectivity index (χ1n) is 7.51. The van der Waals surface area contributed by atoms with E-state index in [0.29, 0.717) is 11.6 Å². The van der Waals surface area contributed by atoms with Gasteiger partial charge in [0.15, 0.2) is 0 Å². The van der Waals surface area contributed by atoms with E-state index in [1.54, 1.807) is 6.07 Å². The summed E-state index contributed by atoms with van der Waals surface area (Å²) in [4.78, 5) is 15.1. The van der Waals surface area contributed by atoms with Crippen LogP contribution in [-0.4, -0.2) is 22.5 Å². The molecule has 3 rings (SSSR count). The Balaban J connectivity index is 1.81. The van der Waals surface area contributed by atoms with E-state index in [2.05, 4.69) is 10.3 Å². The molecule has 3 aromatic rings. The summed E-state index contributed by atoms with van der Waals surface area (Å²) < 4.78 is 40.8. The molecule has 0 bridgehead atoms. The van der Waals surface area contributed by atoms with E-state index in [-0.39, 0.29) is 23.1 Å². The third-order valence-electron chi connectivity index (χ3n) is 4.00. The monoisotopic (exact) mass is 348 g/mol. The molecule has 1 unspecified atom stereocenters. The van der Waals surface area contributed by atoms with Crippen LogP contribution in [0.15, 0.2) is 42.6 Å². The second kappa shape index (κ2) is 6.25. The van der Waals surface area contributed by atoms with Crippen molar-refractivity contribution < 1.29 is 23.1 Å². The van der Waals surface area contributed by atoms with Gasteiger partial charge >= 0.3 is 0 Å². The third-order valence-corrected chi connectivity index (χ3v) is 4.00. The number of carbonyl (C=O) groups is 1. The molecule has 0 aliphatic carbocycles. The Morgan fingerprint density at radius 1 is 1.20 bits per heavy atom. The van der Waals surface area contributed by atoms with E-state index < -0.39 is 29.0 Å². The van der Waals surface area contributed by atoms with Crippen LogP contribution in [0.1, 0.15) is 22.8 Å². The molecule has 3 N–H and O–H groups in total. The summed E-state index contributed by atoms with van der Waals surface area (Å²) in [5.41, 5.74) is -1.39. The topological polar surface area (TPSA) is 65.1 Å². The normalized spacial score (nSPS) is 13.6. The lowest BCUT2D eigenvalue weighted by Gasteiger charge is -2.24. The fraction of sp³-hybridized carbons (Fsp3) is 0.167. The number of amides is 1. The van der Waals surface area contributed by atoms with E-state index >= 15 is 0 Å². The molecule has 1 atom stereocenters. The number of aliphatic hydroxyl groups is 1. The smallest absolute Gasteiger partial charge is 0.253 e. The van der Waals surface area contributed by atoms with Gasteiger partial charge in [0.05, 0.1) is 12.1 Å². The number of hydrogen-bond acceptors (Lipinski definition) is 2. The van der Waals surface area contributed by atoms with Crippen molar-refractivity contribution in [1.82, 2.24) is 10.3 Å². The second-order valence-corrected chi connectivity index (χ2v) is 5.95. The number of nitrogens with one attached hydrogen (secondary N) is 2. The first-order chi connectivity index (χ1) is 11.8. The molecule has 0 aliphatic heterocycles. The summed E-state index contributed by atoms with van der Waals surface area (Å²) in [6.45, 7) is 0.953. The van der Waals surface area contributed by atoms with Gasteiger partial charge in [-0.25, -0.2) is 13.2 Å². The number of aromatic nitrogens is 1. The molecule has 0 fully saturated rings. The van der Waals surface area contributed by atoms with Gasteiger partial charge in [0, 0.05) is 28.7 Å². The standard InChI is InChI=1S/C18H15F3N2O2/c1-18(25,12-6-5-10(19)7-14(12)21)9-23-17(24)11-8-22-15-4-2-3-13(20)16(11)15/h2-8,22,25H,9H2,1H3,(H,23,24). The molecule has 0 saturated carbocycles. The number of carbonyl (C=O) groups excluding carboxylic acids is 1. The number of halogens is 3. The van der Waals surface area contributed by atoms with Crippen molar-refractivity contribution in [2.24, 2.45) is 0 Å². The van der Waals surface area contributed by atoms with Crippen LogP contribution in [0.2, 0.25) is 0 Å². The molecule has 25 heavy (non-hydrogen) atoms. The SMILES string of the molecule is CC(O)(CNC(=O)c1c[nH]c2cccc(F)c12)c1ccc(F)cc1F. The van der Waals surface area contributed by atoms with E-state index in [0.717, 1.165) is 12.1 Å². The molecule has 0 radical (unpaired) electrons. The van der Waals surface area contributed by atoms with Crippen LogP contribution in [-0.2, 0) is 5.60 Å². The van der Waals surface area contributed by atoms with Gasteiger partial charge in [0.25, 0.3) is 5.91 Å². The highest BCUT2D eigenvalue weighted by Gasteiger charge is 2.28. The summed E-state index contributed by atoms with van der Waals surface area (Å²) in [7, 11) is 0. The minimum atomic E-state index is -1.77. The molecule has 1 heterocycles. The molecule has 1 amide bonds. The zero-order valence-corrected chi connectivity index (χ0v) is 13.2. The minimum Gasteiger partial charge on any atom is -0.383 e. The van der Waals surface area contributed by atoms with Crippen molar-refractivity contribution in [3.8, 4) is 0 Å². The predicted octanol–water partition coefficient (Wildman–Crippen LogP) is 3.22. The van der Waals surface area contributed by atoms with Crippen molar-refractivity contribution in [3.05, 3.63) is 71.2 Å². The van der Waals surface area contributed by atoms with Crippen molar-refractivity contribution >= 4 is 16.8 Å². The second-order valence-electron chi connectivity index (χ2n) is 5.95.